The van der Waals surface area contributed by atoms with Gasteiger partial charge in [0.15, 0.2) is 5.12 Å². The molecular weight excluding hydrogens is 328 g/mol. The summed E-state index contributed by atoms with van der Waals surface area (Å²) in [6.45, 7) is 2.44. The Hall–Kier alpha value is -1.57. The average molecular weight is 352 g/mol. The van der Waals surface area contributed by atoms with E-state index >= 15 is 0 Å². The van der Waals surface area contributed by atoms with Crippen molar-refractivity contribution in [3.8, 4) is 0 Å². The van der Waals surface area contributed by atoms with Gasteiger partial charge in [-0.25, -0.2) is 4.99 Å². The topological polar surface area (TPSA) is 85.6 Å². The molecule has 0 bridgehead atoms. The van der Waals surface area contributed by atoms with Crippen LogP contribution in [0.1, 0.15) is 51.9 Å². The van der Waals surface area contributed by atoms with E-state index in [4.69, 9.17) is 4.52 Å². The summed E-state index contributed by atoms with van der Waals surface area (Å²) in [4.78, 5) is 16.9. The van der Waals surface area contributed by atoms with Gasteiger partial charge in [-0.3, -0.25) is 9.32 Å². The molecule has 2 fully saturated rings. The number of aromatic nitrogens is 2. The minimum atomic E-state index is -0.0943. The lowest BCUT2D eigenvalue weighted by atomic mass is 9.89. The molecule has 1 aliphatic heterocycles. The summed E-state index contributed by atoms with van der Waals surface area (Å²) < 4.78 is 5.22. The van der Waals surface area contributed by atoms with Crippen LogP contribution in [0.4, 0.5) is 5.88 Å². The van der Waals surface area contributed by atoms with Gasteiger partial charge < -0.3 is 5.11 Å². The number of carbonyl (C=O) groups is 1. The summed E-state index contributed by atoms with van der Waals surface area (Å²) in [7, 11) is 0. The molecule has 132 valence electrons. The van der Waals surface area contributed by atoms with Gasteiger partial charge in [0, 0.05) is 12.7 Å². The molecule has 0 aromatic carbocycles. The van der Waals surface area contributed by atoms with Gasteiger partial charge >= 0.3 is 5.88 Å². The zero-order valence-corrected chi connectivity index (χ0v) is 14.8. The Kier molecular flexibility index (Phi) is 5.76. The normalized spacial score (nSPS) is 23.0. The summed E-state index contributed by atoms with van der Waals surface area (Å²) >= 11 is 1.33. The smallest absolute Gasteiger partial charge is 0.324 e. The molecule has 0 N–H and O–H groups in total. The molecule has 0 amide bonds. The molecule has 3 rings (SSSR count). The summed E-state index contributed by atoms with van der Waals surface area (Å²) in [6.07, 6.45) is 9.00. The zero-order valence-electron chi connectivity index (χ0n) is 14.0. The van der Waals surface area contributed by atoms with Crippen LogP contribution >= 0.6 is 11.8 Å². The van der Waals surface area contributed by atoms with E-state index in [9.17, 15) is 9.90 Å². The van der Waals surface area contributed by atoms with Gasteiger partial charge in [0.05, 0.1) is 17.4 Å². The van der Waals surface area contributed by atoms with Gasteiger partial charge in [-0.2, -0.15) is 0 Å². The summed E-state index contributed by atoms with van der Waals surface area (Å²) in [5.74, 6) is 0.935. The first kappa shape index (κ1) is 17.3. The highest BCUT2D eigenvalue weighted by Crippen LogP contribution is 2.25. The van der Waals surface area contributed by atoms with E-state index in [2.05, 4.69) is 15.3 Å². The van der Waals surface area contributed by atoms with Crippen molar-refractivity contribution < 1.29 is 19.2 Å². The minimum absolute atomic E-state index is 0.0313. The van der Waals surface area contributed by atoms with E-state index in [1.807, 2.05) is 0 Å². The van der Waals surface area contributed by atoms with Gasteiger partial charge in [-0.15, -0.1) is 5.01 Å². The van der Waals surface area contributed by atoms with Crippen LogP contribution in [0.2, 0.25) is 0 Å². The van der Waals surface area contributed by atoms with Gasteiger partial charge in [0.1, 0.15) is 0 Å². The predicted molar refractivity (Wildman–Crippen MR) is 89.6 cm³/mol. The Labute approximate surface area is 146 Å². The van der Waals surface area contributed by atoms with Crippen LogP contribution in [0.15, 0.2) is 15.7 Å². The van der Waals surface area contributed by atoms with Gasteiger partial charge in [0.25, 0.3) is 6.20 Å². The van der Waals surface area contributed by atoms with E-state index in [1.54, 1.807) is 17.9 Å². The largest absolute Gasteiger partial charge is 0.861 e. The molecule has 1 saturated heterocycles. The molecule has 24 heavy (non-hydrogen) atoms. The Morgan fingerprint density at radius 2 is 2.21 bits per heavy atom. The molecule has 0 unspecified atom stereocenters. The molecule has 0 radical (unpaired) electrons. The van der Waals surface area contributed by atoms with Gasteiger partial charge in [-0.1, -0.05) is 31.0 Å². The highest BCUT2D eigenvalue weighted by atomic mass is 32.2. The molecule has 7 nitrogen and oxygen atoms in total. The molecule has 1 aromatic heterocycles. The van der Waals surface area contributed by atoms with Crippen LogP contribution in [0.25, 0.3) is 0 Å². The lowest BCUT2D eigenvalue weighted by Gasteiger charge is -2.25. The third-order valence-corrected chi connectivity index (χ3v) is 5.66. The lowest BCUT2D eigenvalue weighted by molar-refractivity contribution is -0.759. The van der Waals surface area contributed by atoms with Crippen molar-refractivity contribution in [3.63, 3.8) is 0 Å². The maximum atomic E-state index is 12.2. The van der Waals surface area contributed by atoms with Gasteiger partial charge in [-0.05, 0) is 37.5 Å². The Balaban J connectivity index is 1.64. The van der Waals surface area contributed by atoms with E-state index in [0.29, 0.717) is 0 Å². The van der Waals surface area contributed by atoms with Crippen LogP contribution in [0.3, 0.4) is 0 Å². The molecule has 2 heterocycles. The molecule has 2 aliphatic rings. The van der Waals surface area contributed by atoms with E-state index in [-0.39, 0.29) is 28.9 Å². The van der Waals surface area contributed by atoms with Crippen molar-refractivity contribution in [1.82, 2.24) is 5.27 Å². The fraction of sp³-hybridized carbons (Fsp3) is 0.750. The van der Waals surface area contributed by atoms with Crippen molar-refractivity contribution in [3.05, 3.63) is 6.20 Å². The summed E-state index contributed by atoms with van der Waals surface area (Å²) in [5, 5.41) is 18.4. The second-order valence-electron chi connectivity index (χ2n) is 6.51. The SMILES string of the molecule is CC(=O)SC[C@@H]1CCCN1[n+]1cc(/N=C(\[O-])C2CCCCC2)on1. The number of rotatable bonds is 5. The van der Waals surface area contributed by atoms with Crippen LogP contribution in [0, 0.1) is 5.92 Å². The zero-order chi connectivity index (χ0) is 16.9. The number of nitrogens with zero attached hydrogens (tertiary/aromatic N) is 4. The van der Waals surface area contributed by atoms with Crippen molar-refractivity contribution >= 4 is 28.7 Å². The van der Waals surface area contributed by atoms with Crippen molar-refractivity contribution in [2.75, 3.05) is 17.3 Å². The van der Waals surface area contributed by atoms with Crippen LogP contribution in [0.5, 0.6) is 0 Å². The van der Waals surface area contributed by atoms with E-state index in [1.165, 1.54) is 18.2 Å². The van der Waals surface area contributed by atoms with Gasteiger partial charge in [0.2, 0.25) is 5.27 Å². The highest BCUT2D eigenvalue weighted by Gasteiger charge is 2.33. The first-order chi connectivity index (χ1) is 11.6. The maximum Gasteiger partial charge on any atom is 0.324 e. The first-order valence-electron chi connectivity index (χ1n) is 8.68. The summed E-state index contributed by atoms with van der Waals surface area (Å²) in [5.41, 5.74) is 0. The Morgan fingerprint density at radius 3 is 2.96 bits per heavy atom. The number of carbonyl (C=O) groups excluding carboxylic acids is 1. The van der Waals surface area contributed by atoms with Crippen molar-refractivity contribution in [2.24, 2.45) is 10.9 Å². The summed E-state index contributed by atoms with van der Waals surface area (Å²) in [6, 6.07) is 0.246. The highest BCUT2D eigenvalue weighted by molar-refractivity contribution is 8.13. The molecular formula is C16H24N4O3S. The molecule has 1 saturated carbocycles. The molecule has 8 heteroatoms. The van der Waals surface area contributed by atoms with Crippen molar-refractivity contribution in [1.29, 1.82) is 0 Å². The van der Waals surface area contributed by atoms with E-state index < -0.39 is 0 Å². The number of aliphatic imine (C=N–C) groups is 1. The standard InChI is InChI=1S/C16H24N4O3S/c1-12(21)24-11-14-8-5-9-19(14)20-10-15(23-18-20)17-16(22)13-6-3-2-4-7-13/h10,13-14H,2-9,11H2,1H3/t14-/m0/s1. The first-order valence-corrected chi connectivity index (χ1v) is 9.66. The molecule has 1 aromatic rings. The fourth-order valence-electron chi connectivity index (χ4n) is 3.42. The Bertz CT molecular complexity index is 598. The fourth-order valence-corrected chi connectivity index (χ4v) is 4.19. The maximum absolute atomic E-state index is 12.2. The second kappa shape index (κ2) is 8.00. The third-order valence-electron chi connectivity index (χ3n) is 4.71. The van der Waals surface area contributed by atoms with E-state index in [0.717, 1.165) is 50.8 Å². The Morgan fingerprint density at radius 1 is 1.42 bits per heavy atom. The van der Waals surface area contributed by atoms with Crippen LogP contribution < -0.4 is 14.9 Å². The predicted octanol–water partition coefficient (Wildman–Crippen LogP) is 1.31. The molecule has 1 atom stereocenters. The van der Waals surface area contributed by atoms with Crippen molar-refractivity contribution in [2.45, 2.75) is 57.9 Å². The average Bonchev–Trinajstić information content (AvgIpc) is 3.22. The molecule has 1 aliphatic carbocycles. The van der Waals surface area contributed by atoms with Crippen LogP contribution in [-0.4, -0.2) is 34.6 Å². The number of thioether (sulfide) groups is 1. The quantitative estimate of drug-likeness (QED) is 0.451. The van der Waals surface area contributed by atoms with Crippen LogP contribution in [-0.2, 0) is 4.79 Å². The third kappa shape index (κ3) is 4.28. The monoisotopic (exact) mass is 352 g/mol. The lowest BCUT2D eigenvalue weighted by Crippen LogP contribution is -2.61. The minimum Gasteiger partial charge on any atom is -0.861 e. The number of hydrogen-bond acceptors (Lipinski definition) is 7. The number of hydrogen-bond donors (Lipinski definition) is 0. The molecule has 0 spiro atoms. The second-order valence-corrected chi connectivity index (χ2v) is 7.70.